The highest BCUT2D eigenvalue weighted by molar-refractivity contribution is 7.14. The fraction of sp³-hybridized carbons (Fsp3) is 0.467. The van der Waals surface area contributed by atoms with E-state index in [1.54, 1.807) is 11.3 Å². The molecule has 108 valence electrons. The summed E-state index contributed by atoms with van der Waals surface area (Å²) in [6.07, 6.45) is 0.911. The van der Waals surface area contributed by atoms with E-state index in [0.29, 0.717) is 5.92 Å². The molecule has 2 rings (SSSR count). The summed E-state index contributed by atoms with van der Waals surface area (Å²) in [6, 6.07) is 6.02. The van der Waals surface area contributed by atoms with Crippen molar-refractivity contribution >= 4 is 22.9 Å². The molecule has 0 aliphatic rings. The first-order valence-electron chi connectivity index (χ1n) is 6.86. The molecular formula is C15H20ClN3S. The average Bonchev–Trinajstić information content (AvgIpc) is 2.83. The Labute approximate surface area is 129 Å². The van der Waals surface area contributed by atoms with Gasteiger partial charge in [0.1, 0.15) is 10.0 Å². The Bertz CT molecular complexity index is 566. The number of nitrogens with zero attached hydrogens (tertiary/aromatic N) is 2. The quantitative estimate of drug-likeness (QED) is 0.821. The van der Waals surface area contributed by atoms with Crippen LogP contribution in [0.15, 0.2) is 18.2 Å². The highest BCUT2D eigenvalue weighted by Gasteiger charge is 2.10. The Morgan fingerprint density at radius 2 is 2.10 bits per heavy atom. The van der Waals surface area contributed by atoms with E-state index in [2.05, 4.69) is 29.4 Å². The molecule has 1 aromatic carbocycles. The highest BCUT2D eigenvalue weighted by atomic mass is 35.5. The van der Waals surface area contributed by atoms with Crippen LogP contribution in [0.5, 0.6) is 0 Å². The van der Waals surface area contributed by atoms with Crippen molar-refractivity contribution in [2.24, 2.45) is 5.92 Å². The molecule has 0 bridgehead atoms. The Kier molecular flexibility index (Phi) is 5.52. The van der Waals surface area contributed by atoms with Crippen LogP contribution in [0.3, 0.4) is 0 Å². The summed E-state index contributed by atoms with van der Waals surface area (Å²) in [5.41, 5.74) is 2.12. The van der Waals surface area contributed by atoms with Crippen molar-refractivity contribution in [3.05, 3.63) is 33.8 Å². The Morgan fingerprint density at radius 1 is 1.30 bits per heavy atom. The van der Waals surface area contributed by atoms with E-state index in [-0.39, 0.29) is 0 Å². The van der Waals surface area contributed by atoms with Gasteiger partial charge in [0.15, 0.2) is 0 Å². The van der Waals surface area contributed by atoms with Crippen LogP contribution >= 0.6 is 22.9 Å². The van der Waals surface area contributed by atoms with Crippen molar-refractivity contribution in [2.45, 2.75) is 27.2 Å². The van der Waals surface area contributed by atoms with Gasteiger partial charge in [-0.25, -0.2) is 0 Å². The molecule has 2 aromatic rings. The third-order valence-electron chi connectivity index (χ3n) is 2.89. The number of hydrogen-bond donors (Lipinski definition) is 1. The van der Waals surface area contributed by atoms with Crippen molar-refractivity contribution in [2.75, 3.05) is 13.1 Å². The van der Waals surface area contributed by atoms with Gasteiger partial charge in [0, 0.05) is 18.5 Å². The second-order valence-electron chi connectivity index (χ2n) is 5.33. The lowest BCUT2D eigenvalue weighted by Gasteiger charge is -2.05. The largest absolute Gasteiger partial charge is 0.316 e. The van der Waals surface area contributed by atoms with Crippen LogP contribution in [0.4, 0.5) is 0 Å². The minimum absolute atomic E-state index is 0.673. The Balaban J connectivity index is 1.98. The first-order chi connectivity index (χ1) is 9.56. The summed E-state index contributed by atoms with van der Waals surface area (Å²) in [4.78, 5) is 0. The minimum Gasteiger partial charge on any atom is -0.316 e. The number of nitrogens with one attached hydrogen (secondary N) is 1. The maximum atomic E-state index is 6.26. The SMILES string of the molecule is Cc1ccc(-c2nnc(CCNCC(C)C)s2)c(Cl)c1. The molecule has 0 fully saturated rings. The summed E-state index contributed by atoms with van der Waals surface area (Å²) in [5.74, 6) is 0.673. The number of halogens is 1. The molecule has 0 spiro atoms. The van der Waals surface area contributed by atoms with E-state index in [9.17, 15) is 0 Å². The van der Waals surface area contributed by atoms with Crippen LogP contribution < -0.4 is 5.32 Å². The van der Waals surface area contributed by atoms with Crippen molar-refractivity contribution < 1.29 is 0 Å². The van der Waals surface area contributed by atoms with E-state index in [0.717, 1.165) is 45.7 Å². The lowest BCUT2D eigenvalue weighted by molar-refractivity contribution is 0.553. The minimum atomic E-state index is 0.673. The summed E-state index contributed by atoms with van der Waals surface area (Å²) >= 11 is 7.88. The highest BCUT2D eigenvalue weighted by Crippen LogP contribution is 2.30. The van der Waals surface area contributed by atoms with Crippen LogP contribution in [-0.4, -0.2) is 23.3 Å². The Morgan fingerprint density at radius 3 is 2.80 bits per heavy atom. The summed E-state index contributed by atoms with van der Waals surface area (Å²) in [7, 11) is 0. The zero-order valence-electron chi connectivity index (χ0n) is 12.1. The summed E-state index contributed by atoms with van der Waals surface area (Å²) < 4.78 is 0. The van der Waals surface area contributed by atoms with Crippen LogP contribution in [-0.2, 0) is 6.42 Å². The molecule has 1 aromatic heterocycles. The van der Waals surface area contributed by atoms with Gasteiger partial charge in [0.05, 0.1) is 5.02 Å². The molecule has 1 N–H and O–H groups in total. The van der Waals surface area contributed by atoms with Crippen LogP contribution in [0.1, 0.15) is 24.4 Å². The lowest BCUT2D eigenvalue weighted by atomic mass is 10.2. The van der Waals surface area contributed by atoms with Gasteiger partial charge in [-0.2, -0.15) is 0 Å². The normalized spacial score (nSPS) is 11.2. The van der Waals surface area contributed by atoms with E-state index in [1.165, 1.54) is 0 Å². The van der Waals surface area contributed by atoms with Crippen molar-refractivity contribution in [1.29, 1.82) is 0 Å². The maximum absolute atomic E-state index is 6.26. The van der Waals surface area contributed by atoms with Crippen LogP contribution in [0, 0.1) is 12.8 Å². The van der Waals surface area contributed by atoms with Gasteiger partial charge in [0.2, 0.25) is 0 Å². The standard InChI is InChI=1S/C15H20ClN3S/c1-10(2)9-17-7-6-14-18-19-15(20-14)12-5-4-11(3)8-13(12)16/h4-5,8,10,17H,6-7,9H2,1-3H3. The zero-order chi connectivity index (χ0) is 14.5. The van der Waals surface area contributed by atoms with Gasteiger partial charge in [-0.05, 0) is 31.0 Å². The lowest BCUT2D eigenvalue weighted by Crippen LogP contribution is -2.22. The smallest absolute Gasteiger partial charge is 0.149 e. The van der Waals surface area contributed by atoms with Crippen LogP contribution in [0.2, 0.25) is 5.02 Å². The van der Waals surface area contributed by atoms with E-state index < -0.39 is 0 Å². The predicted molar refractivity (Wildman–Crippen MR) is 86.5 cm³/mol. The second-order valence-corrected chi connectivity index (χ2v) is 6.80. The first kappa shape index (κ1) is 15.4. The number of benzene rings is 1. The molecule has 0 amide bonds. The van der Waals surface area contributed by atoms with E-state index in [1.807, 2.05) is 25.1 Å². The fourth-order valence-electron chi connectivity index (χ4n) is 1.84. The number of aryl methyl sites for hydroxylation is 1. The summed E-state index contributed by atoms with van der Waals surface area (Å²) in [5, 5.41) is 14.6. The molecule has 20 heavy (non-hydrogen) atoms. The Hall–Kier alpha value is -0.970. The average molecular weight is 310 g/mol. The van der Waals surface area contributed by atoms with Gasteiger partial charge < -0.3 is 5.32 Å². The third kappa shape index (κ3) is 4.27. The zero-order valence-corrected chi connectivity index (χ0v) is 13.7. The number of rotatable bonds is 6. The first-order valence-corrected chi connectivity index (χ1v) is 8.05. The maximum Gasteiger partial charge on any atom is 0.149 e. The van der Waals surface area contributed by atoms with Gasteiger partial charge in [0.25, 0.3) is 0 Å². The molecule has 0 saturated heterocycles. The van der Waals surface area contributed by atoms with E-state index in [4.69, 9.17) is 11.6 Å². The number of hydrogen-bond acceptors (Lipinski definition) is 4. The van der Waals surface area contributed by atoms with Gasteiger partial charge in [-0.3, -0.25) is 0 Å². The molecule has 0 radical (unpaired) electrons. The van der Waals surface area contributed by atoms with Crippen molar-refractivity contribution in [3.63, 3.8) is 0 Å². The van der Waals surface area contributed by atoms with Crippen molar-refractivity contribution in [3.8, 4) is 10.6 Å². The summed E-state index contributed by atoms with van der Waals surface area (Å²) in [6.45, 7) is 8.41. The predicted octanol–water partition coefficient (Wildman–Crippen LogP) is 3.96. The molecule has 0 aliphatic heterocycles. The molecule has 1 heterocycles. The van der Waals surface area contributed by atoms with E-state index >= 15 is 0 Å². The number of aromatic nitrogens is 2. The second kappa shape index (κ2) is 7.16. The fourth-order valence-corrected chi connectivity index (χ4v) is 3.10. The van der Waals surface area contributed by atoms with Gasteiger partial charge >= 0.3 is 0 Å². The molecule has 0 aliphatic carbocycles. The molecule has 0 atom stereocenters. The monoisotopic (exact) mass is 309 g/mol. The molecule has 5 heteroatoms. The van der Waals surface area contributed by atoms with Gasteiger partial charge in [-0.15, -0.1) is 10.2 Å². The topological polar surface area (TPSA) is 37.8 Å². The van der Waals surface area contributed by atoms with Crippen LogP contribution in [0.25, 0.3) is 10.6 Å². The molecule has 0 saturated carbocycles. The van der Waals surface area contributed by atoms with Crippen molar-refractivity contribution in [1.82, 2.24) is 15.5 Å². The van der Waals surface area contributed by atoms with Gasteiger partial charge in [-0.1, -0.05) is 48.9 Å². The molecule has 0 unspecified atom stereocenters. The molecule has 3 nitrogen and oxygen atoms in total. The molecular weight excluding hydrogens is 290 g/mol. The third-order valence-corrected chi connectivity index (χ3v) is 4.22.